The van der Waals surface area contributed by atoms with E-state index in [2.05, 4.69) is 27.7 Å². The number of anilines is 3. The maximum absolute atomic E-state index is 12.3. The molecule has 1 aliphatic rings. The highest BCUT2D eigenvalue weighted by atomic mass is 35.5. The summed E-state index contributed by atoms with van der Waals surface area (Å²) in [5.74, 6) is 0. The van der Waals surface area contributed by atoms with Crippen molar-refractivity contribution in [2.45, 2.75) is 4.90 Å². The van der Waals surface area contributed by atoms with Gasteiger partial charge < -0.3 is 15.5 Å². The highest BCUT2D eigenvalue weighted by molar-refractivity contribution is 7.90. The van der Waals surface area contributed by atoms with Crippen molar-refractivity contribution < 1.29 is 8.42 Å². The van der Waals surface area contributed by atoms with Crippen molar-refractivity contribution in [3.8, 4) is 0 Å². The molecule has 2 N–H and O–H groups in total. The monoisotopic (exact) mass is 417 g/mol. The Hall–Kier alpha value is -2.28. The molecule has 3 aromatic carbocycles. The summed E-state index contributed by atoms with van der Waals surface area (Å²) in [5.41, 5.74) is 2.55. The largest absolute Gasteiger partial charge is 0.369 e. The molecule has 0 aliphatic carbocycles. The number of rotatable bonds is 4. The van der Waals surface area contributed by atoms with Gasteiger partial charge in [-0.3, -0.25) is 0 Å². The maximum atomic E-state index is 12.3. The van der Waals surface area contributed by atoms with Crippen LogP contribution in [-0.4, -0.2) is 40.9 Å². The molecule has 28 heavy (non-hydrogen) atoms. The van der Waals surface area contributed by atoms with E-state index in [0.717, 1.165) is 48.3 Å². The molecule has 1 aliphatic heterocycles. The fourth-order valence-corrected chi connectivity index (χ4v) is 4.36. The van der Waals surface area contributed by atoms with Crippen LogP contribution in [0.5, 0.6) is 0 Å². The summed E-state index contributed by atoms with van der Waals surface area (Å²) < 4.78 is 24.7. The predicted octanol–water partition coefficient (Wildman–Crippen LogP) is 3.82. The van der Waals surface area contributed by atoms with E-state index in [-0.39, 0.29) is 12.4 Å². The maximum Gasteiger partial charge on any atom is 0.177 e. The molecule has 148 valence electrons. The zero-order valence-electron chi connectivity index (χ0n) is 15.7. The zero-order chi connectivity index (χ0) is 18.9. The minimum absolute atomic E-state index is 0. The Kier molecular flexibility index (Phi) is 6.13. The molecule has 0 radical (unpaired) electrons. The van der Waals surface area contributed by atoms with Crippen LogP contribution < -0.4 is 15.5 Å². The molecular weight excluding hydrogens is 394 g/mol. The minimum atomic E-state index is -3.35. The van der Waals surface area contributed by atoms with E-state index in [9.17, 15) is 8.42 Å². The van der Waals surface area contributed by atoms with Gasteiger partial charge in [0.05, 0.1) is 10.6 Å². The lowest BCUT2D eigenvalue weighted by Gasteiger charge is -2.30. The van der Waals surface area contributed by atoms with Gasteiger partial charge in [0, 0.05) is 49.2 Å². The van der Waals surface area contributed by atoms with Crippen LogP contribution in [0.15, 0.2) is 65.6 Å². The summed E-state index contributed by atoms with van der Waals surface area (Å²) in [6, 6.07) is 19.6. The van der Waals surface area contributed by atoms with E-state index < -0.39 is 9.84 Å². The van der Waals surface area contributed by atoms with Gasteiger partial charge >= 0.3 is 0 Å². The Bertz CT molecular complexity index is 1070. The van der Waals surface area contributed by atoms with Gasteiger partial charge in [0.2, 0.25) is 0 Å². The first-order valence-corrected chi connectivity index (χ1v) is 11.0. The number of nitrogens with one attached hydrogen (secondary N) is 2. The van der Waals surface area contributed by atoms with E-state index in [0.29, 0.717) is 10.6 Å². The topological polar surface area (TPSA) is 61.4 Å². The number of piperazine rings is 1. The average molecular weight is 418 g/mol. The number of halogens is 1. The lowest BCUT2D eigenvalue weighted by Crippen LogP contribution is -2.43. The summed E-state index contributed by atoms with van der Waals surface area (Å²) >= 11 is 0. The number of sulfone groups is 1. The van der Waals surface area contributed by atoms with E-state index >= 15 is 0 Å². The molecular formula is C21H24ClN3O2S. The van der Waals surface area contributed by atoms with Crippen molar-refractivity contribution in [2.75, 3.05) is 42.7 Å². The van der Waals surface area contributed by atoms with Crippen LogP contribution >= 0.6 is 12.4 Å². The van der Waals surface area contributed by atoms with Crippen LogP contribution in [0, 0.1) is 0 Å². The molecule has 0 atom stereocenters. The van der Waals surface area contributed by atoms with Crippen molar-refractivity contribution in [1.82, 2.24) is 5.32 Å². The number of hydrogen-bond acceptors (Lipinski definition) is 5. The fourth-order valence-electron chi connectivity index (χ4n) is 3.54. The van der Waals surface area contributed by atoms with Crippen molar-refractivity contribution in [1.29, 1.82) is 0 Å². The molecule has 1 heterocycles. The Morgan fingerprint density at radius 1 is 0.929 bits per heavy atom. The third-order valence-corrected chi connectivity index (χ3v) is 6.06. The molecule has 7 heteroatoms. The predicted molar refractivity (Wildman–Crippen MR) is 119 cm³/mol. The van der Waals surface area contributed by atoms with E-state index in [1.807, 2.05) is 42.5 Å². The number of hydrogen-bond donors (Lipinski definition) is 2. The van der Waals surface area contributed by atoms with Crippen LogP contribution in [0.25, 0.3) is 10.8 Å². The molecule has 1 fully saturated rings. The average Bonchev–Trinajstić information content (AvgIpc) is 2.68. The lowest BCUT2D eigenvalue weighted by atomic mass is 10.1. The van der Waals surface area contributed by atoms with Gasteiger partial charge in [-0.2, -0.15) is 0 Å². The van der Waals surface area contributed by atoms with Crippen molar-refractivity contribution in [2.24, 2.45) is 0 Å². The van der Waals surface area contributed by atoms with Gasteiger partial charge in [-0.25, -0.2) is 8.42 Å². The second-order valence-corrected chi connectivity index (χ2v) is 8.83. The quantitative estimate of drug-likeness (QED) is 0.675. The Morgan fingerprint density at radius 2 is 1.64 bits per heavy atom. The van der Waals surface area contributed by atoms with Gasteiger partial charge in [0.1, 0.15) is 0 Å². The molecule has 4 rings (SSSR count). The highest BCUT2D eigenvalue weighted by Crippen LogP contribution is 2.32. The van der Waals surface area contributed by atoms with Crippen LogP contribution in [0.3, 0.4) is 0 Å². The second kappa shape index (κ2) is 8.39. The van der Waals surface area contributed by atoms with E-state index in [4.69, 9.17) is 0 Å². The zero-order valence-corrected chi connectivity index (χ0v) is 17.3. The van der Waals surface area contributed by atoms with E-state index in [1.165, 1.54) is 6.26 Å². The highest BCUT2D eigenvalue weighted by Gasteiger charge is 2.18. The second-order valence-electron chi connectivity index (χ2n) is 6.84. The molecule has 0 spiro atoms. The van der Waals surface area contributed by atoms with Crippen molar-refractivity contribution >= 4 is 50.1 Å². The van der Waals surface area contributed by atoms with Crippen LogP contribution in [-0.2, 0) is 9.84 Å². The molecule has 0 bridgehead atoms. The lowest BCUT2D eigenvalue weighted by molar-refractivity contribution is 0.589. The first-order chi connectivity index (χ1) is 13.0. The third-order valence-electron chi connectivity index (χ3n) is 4.90. The smallest absolute Gasteiger partial charge is 0.177 e. The summed E-state index contributed by atoms with van der Waals surface area (Å²) in [7, 11) is -3.35. The Balaban J connectivity index is 0.00000225. The summed E-state index contributed by atoms with van der Waals surface area (Å²) in [4.78, 5) is 2.59. The van der Waals surface area contributed by atoms with Crippen LogP contribution in [0.1, 0.15) is 0 Å². The SMILES string of the molecule is CS(=O)(=O)c1ccc(N2CCNCC2)cc1Nc1cccc2ccccc12.Cl. The first kappa shape index (κ1) is 20.5. The molecule has 1 saturated heterocycles. The molecule has 3 aromatic rings. The normalized spacial score (nSPS) is 14.5. The fraction of sp³-hybridized carbons (Fsp3) is 0.238. The van der Waals surface area contributed by atoms with Gasteiger partial charge in [-0.05, 0) is 29.7 Å². The van der Waals surface area contributed by atoms with Gasteiger partial charge in [0.15, 0.2) is 9.84 Å². The number of fused-ring (bicyclic) bond motifs is 1. The molecule has 5 nitrogen and oxygen atoms in total. The standard InChI is InChI=1S/C21H23N3O2S.ClH/c1-27(25,26)21-10-9-17(24-13-11-22-12-14-24)15-20(21)23-19-8-4-6-16-5-2-3-7-18(16)19;/h2-10,15,22-23H,11-14H2,1H3;1H. The van der Waals surface area contributed by atoms with Crippen LogP contribution in [0.2, 0.25) is 0 Å². The Morgan fingerprint density at radius 3 is 2.39 bits per heavy atom. The van der Waals surface area contributed by atoms with E-state index in [1.54, 1.807) is 6.07 Å². The summed E-state index contributed by atoms with van der Waals surface area (Å²) in [5, 5.41) is 8.90. The van der Waals surface area contributed by atoms with Crippen molar-refractivity contribution in [3.63, 3.8) is 0 Å². The first-order valence-electron chi connectivity index (χ1n) is 9.07. The molecule has 0 saturated carbocycles. The third kappa shape index (κ3) is 4.24. The Labute approximate surface area is 172 Å². The van der Waals surface area contributed by atoms with Gasteiger partial charge in [-0.1, -0.05) is 36.4 Å². The van der Waals surface area contributed by atoms with Crippen LogP contribution in [0.4, 0.5) is 17.1 Å². The minimum Gasteiger partial charge on any atom is -0.369 e. The van der Waals surface area contributed by atoms with Gasteiger partial charge in [-0.15, -0.1) is 12.4 Å². The number of nitrogens with zero attached hydrogens (tertiary/aromatic N) is 1. The summed E-state index contributed by atoms with van der Waals surface area (Å²) in [6.45, 7) is 3.68. The molecule has 0 unspecified atom stereocenters. The summed E-state index contributed by atoms with van der Waals surface area (Å²) in [6.07, 6.45) is 1.25. The number of benzene rings is 3. The van der Waals surface area contributed by atoms with Crippen molar-refractivity contribution in [3.05, 3.63) is 60.7 Å². The molecule has 0 amide bonds. The molecule has 0 aromatic heterocycles. The van der Waals surface area contributed by atoms with Gasteiger partial charge in [0.25, 0.3) is 0 Å².